The van der Waals surface area contributed by atoms with Crippen molar-refractivity contribution >= 4 is 12.1 Å². The maximum absolute atomic E-state index is 12.6. The van der Waals surface area contributed by atoms with Gasteiger partial charge in [0.1, 0.15) is 12.6 Å². The molecule has 1 fully saturated rings. The predicted molar refractivity (Wildman–Crippen MR) is 136 cm³/mol. The van der Waals surface area contributed by atoms with E-state index in [9.17, 15) is 14.7 Å². The summed E-state index contributed by atoms with van der Waals surface area (Å²) < 4.78 is 5.56. The SMILES string of the molecule is O=C(N[C@@H](Cc1cccc(C2CCCCC2)c1)C(=O)O)OCC1c2ccccc2-c2ccccc21. The molecule has 0 unspecified atom stereocenters. The molecule has 2 aliphatic rings. The van der Waals surface area contributed by atoms with E-state index in [1.54, 1.807) is 0 Å². The summed E-state index contributed by atoms with van der Waals surface area (Å²) in [5.74, 6) is -0.591. The molecule has 1 atom stereocenters. The fraction of sp³-hybridized carbons (Fsp3) is 0.333. The zero-order valence-electron chi connectivity index (χ0n) is 19.8. The van der Waals surface area contributed by atoms with E-state index in [-0.39, 0.29) is 18.9 Å². The Labute approximate surface area is 206 Å². The normalized spacial score (nSPS) is 16.2. The first-order chi connectivity index (χ1) is 17.1. The second kappa shape index (κ2) is 10.3. The summed E-state index contributed by atoms with van der Waals surface area (Å²) in [5.41, 5.74) is 6.73. The van der Waals surface area contributed by atoms with Gasteiger partial charge in [-0.25, -0.2) is 9.59 Å². The molecule has 0 bridgehead atoms. The van der Waals surface area contributed by atoms with E-state index in [2.05, 4.69) is 41.7 Å². The molecule has 5 nitrogen and oxygen atoms in total. The predicted octanol–water partition coefficient (Wildman–Crippen LogP) is 6.27. The molecule has 0 radical (unpaired) electrons. The largest absolute Gasteiger partial charge is 0.480 e. The Bertz CT molecular complexity index is 1170. The molecular weight excluding hydrogens is 438 g/mol. The summed E-state index contributed by atoms with van der Waals surface area (Å²) >= 11 is 0. The van der Waals surface area contributed by atoms with Gasteiger partial charge in [0, 0.05) is 12.3 Å². The van der Waals surface area contributed by atoms with Gasteiger partial charge in [0.2, 0.25) is 0 Å². The molecule has 35 heavy (non-hydrogen) atoms. The third-order valence-corrected chi connectivity index (χ3v) is 7.40. The minimum absolute atomic E-state index is 0.0661. The Hall–Kier alpha value is -3.60. The Kier molecular flexibility index (Phi) is 6.84. The molecule has 2 N–H and O–H groups in total. The average Bonchev–Trinajstić information content (AvgIpc) is 3.21. The van der Waals surface area contributed by atoms with Crippen molar-refractivity contribution < 1.29 is 19.4 Å². The van der Waals surface area contributed by atoms with Gasteiger partial charge in [0.15, 0.2) is 0 Å². The number of amides is 1. The molecular formula is C30H31NO4. The summed E-state index contributed by atoms with van der Waals surface area (Å²) in [7, 11) is 0. The summed E-state index contributed by atoms with van der Waals surface area (Å²) in [4.78, 5) is 24.6. The molecule has 1 saturated carbocycles. The van der Waals surface area contributed by atoms with Gasteiger partial charge in [-0.2, -0.15) is 0 Å². The molecule has 3 aromatic carbocycles. The molecule has 1 amide bonds. The Balaban J connectivity index is 1.23. The summed E-state index contributed by atoms with van der Waals surface area (Å²) in [6.45, 7) is 0.156. The molecule has 3 aromatic rings. The second-order valence-electron chi connectivity index (χ2n) is 9.64. The first-order valence-electron chi connectivity index (χ1n) is 12.5. The standard InChI is InChI=1S/C30H31NO4/c32-29(33)28(18-20-9-8-12-22(17-20)21-10-2-1-3-11-21)31-30(34)35-19-27-25-15-6-4-13-23(25)24-14-5-7-16-26(24)27/h4-9,12-17,21,27-28H,1-3,10-11,18-19H2,(H,31,34)(H,32,33)/t28-/m0/s1. The maximum Gasteiger partial charge on any atom is 0.407 e. The van der Waals surface area contributed by atoms with Gasteiger partial charge in [-0.3, -0.25) is 0 Å². The van der Waals surface area contributed by atoms with Crippen molar-refractivity contribution in [1.82, 2.24) is 5.32 Å². The van der Waals surface area contributed by atoms with E-state index in [0.29, 0.717) is 5.92 Å². The van der Waals surface area contributed by atoms with Crippen LogP contribution in [0.3, 0.4) is 0 Å². The van der Waals surface area contributed by atoms with Crippen LogP contribution in [0.2, 0.25) is 0 Å². The van der Waals surface area contributed by atoms with Crippen molar-refractivity contribution in [1.29, 1.82) is 0 Å². The highest BCUT2D eigenvalue weighted by Crippen LogP contribution is 2.44. The van der Waals surface area contributed by atoms with Crippen LogP contribution in [0.1, 0.15) is 66.2 Å². The number of carboxylic acids is 1. The number of benzene rings is 3. The van der Waals surface area contributed by atoms with Crippen LogP contribution < -0.4 is 5.32 Å². The highest BCUT2D eigenvalue weighted by Gasteiger charge is 2.30. The molecule has 2 aliphatic carbocycles. The van der Waals surface area contributed by atoms with Crippen molar-refractivity contribution in [3.8, 4) is 11.1 Å². The number of rotatable bonds is 7. The van der Waals surface area contributed by atoms with Crippen LogP contribution in [0.5, 0.6) is 0 Å². The highest BCUT2D eigenvalue weighted by molar-refractivity contribution is 5.81. The fourth-order valence-corrected chi connectivity index (χ4v) is 5.63. The molecule has 0 heterocycles. The fourth-order valence-electron chi connectivity index (χ4n) is 5.63. The lowest BCUT2D eigenvalue weighted by atomic mass is 9.83. The van der Waals surface area contributed by atoms with Crippen LogP contribution >= 0.6 is 0 Å². The quantitative estimate of drug-likeness (QED) is 0.428. The van der Waals surface area contributed by atoms with Gasteiger partial charge in [0.25, 0.3) is 0 Å². The number of hydrogen-bond donors (Lipinski definition) is 2. The molecule has 0 aliphatic heterocycles. The summed E-state index contributed by atoms with van der Waals surface area (Å²) in [6.07, 6.45) is 5.67. The van der Waals surface area contributed by atoms with Gasteiger partial charge in [-0.15, -0.1) is 0 Å². The lowest BCUT2D eigenvalue weighted by Crippen LogP contribution is -2.42. The third kappa shape index (κ3) is 5.09. The lowest BCUT2D eigenvalue weighted by molar-refractivity contribution is -0.139. The zero-order chi connectivity index (χ0) is 24.2. The number of fused-ring (bicyclic) bond motifs is 3. The second-order valence-corrected chi connectivity index (χ2v) is 9.64. The Morgan fingerprint density at radius 1 is 0.886 bits per heavy atom. The number of carbonyl (C=O) groups excluding carboxylic acids is 1. The van der Waals surface area contributed by atoms with Crippen molar-refractivity contribution in [3.63, 3.8) is 0 Å². The van der Waals surface area contributed by atoms with Gasteiger partial charge in [-0.05, 0) is 52.1 Å². The summed E-state index contributed by atoms with van der Waals surface area (Å²) in [6, 6.07) is 23.4. The summed E-state index contributed by atoms with van der Waals surface area (Å²) in [5, 5.41) is 12.3. The van der Waals surface area contributed by atoms with Crippen LogP contribution in [0.15, 0.2) is 72.8 Å². The number of ether oxygens (including phenoxy) is 1. The van der Waals surface area contributed by atoms with Gasteiger partial charge >= 0.3 is 12.1 Å². The molecule has 0 aromatic heterocycles. The van der Waals surface area contributed by atoms with Crippen LogP contribution in [0, 0.1) is 0 Å². The van der Waals surface area contributed by atoms with E-state index < -0.39 is 18.1 Å². The lowest BCUT2D eigenvalue weighted by Gasteiger charge is -2.23. The first-order valence-corrected chi connectivity index (χ1v) is 12.5. The van der Waals surface area contributed by atoms with E-state index in [4.69, 9.17) is 4.74 Å². The van der Waals surface area contributed by atoms with Crippen molar-refractivity contribution in [3.05, 3.63) is 95.1 Å². The minimum atomic E-state index is -1.07. The smallest absolute Gasteiger partial charge is 0.407 e. The Morgan fingerprint density at radius 2 is 1.54 bits per heavy atom. The minimum Gasteiger partial charge on any atom is -0.480 e. The number of hydrogen-bond acceptors (Lipinski definition) is 3. The number of nitrogens with one attached hydrogen (secondary N) is 1. The van der Waals surface area contributed by atoms with Crippen LogP contribution in [0.25, 0.3) is 11.1 Å². The zero-order valence-corrected chi connectivity index (χ0v) is 19.8. The van der Waals surface area contributed by atoms with Crippen molar-refractivity contribution in [2.45, 2.75) is 56.4 Å². The van der Waals surface area contributed by atoms with E-state index in [0.717, 1.165) is 27.8 Å². The third-order valence-electron chi connectivity index (χ3n) is 7.40. The monoisotopic (exact) mass is 469 g/mol. The van der Waals surface area contributed by atoms with Crippen LogP contribution in [-0.4, -0.2) is 29.8 Å². The molecule has 0 saturated heterocycles. The van der Waals surface area contributed by atoms with Gasteiger partial charge < -0.3 is 15.2 Å². The number of aliphatic carboxylic acids is 1. The van der Waals surface area contributed by atoms with E-state index in [1.165, 1.54) is 37.7 Å². The van der Waals surface area contributed by atoms with Gasteiger partial charge in [0.05, 0.1) is 0 Å². The van der Waals surface area contributed by atoms with E-state index >= 15 is 0 Å². The van der Waals surface area contributed by atoms with Crippen molar-refractivity contribution in [2.24, 2.45) is 0 Å². The molecule has 5 rings (SSSR count). The van der Waals surface area contributed by atoms with Crippen LogP contribution in [-0.2, 0) is 16.0 Å². The van der Waals surface area contributed by atoms with Gasteiger partial charge in [-0.1, -0.05) is 92.1 Å². The van der Waals surface area contributed by atoms with Crippen molar-refractivity contribution in [2.75, 3.05) is 6.61 Å². The topological polar surface area (TPSA) is 75.6 Å². The number of carbonyl (C=O) groups is 2. The van der Waals surface area contributed by atoms with Crippen LogP contribution in [0.4, 0.5) is 4.79 Å². The molecule has 5 heteroatoms. The maximum atomic E-state index is 12.6. The number of carboxylic acid groups (broad SMARTS) is 1. The first kappa shape index (κ1) is 23.2. The average molecular weight is 470 g/mol. The molecule has 0 spiro atoms. The number of alkyl carbamates (subject to hydrolysis) is 1. The highest BCUT2D eigenvalue weighted by atomic mass is 16.5. The Morgan fingerprint density at radius 3 is 2.20 bits per heavy atom. The molecule has 180 valence electrons. The van der Waals surface area contributed by atoms with E-state index in [1.807, 2.05) is 36.4 Å².